The van der Waals surface area contributed by atoms with E-state index in [0.717, 1.165) is 13.1 Å². The molecule has 1 saturated heterocycles. The maximum atomic E-state index is 10.4. The van der Waals surface area contributed by atoms with Crippen LogP contribution in [0.2, 0.25) is 0 Å². The molecule has 1 aliphatic heterocycles. The van der Waals surface area contributed by atoms with Crippen molar-refractivity contribution in [3.63, 3.8) is 0 Å². The van der Waals surface area contributed by atoms with Gasteiger partial charge in [-0.25, -0.2) is 4.79 Å². The third-order valence-electron chi connectivity index (χ3n) is 2.90. The molecular weight excluding hydrogens is 168 g/mol. The summed E-state index contributed by atoms with van der Waals surface area (Å²) < 4.78 is 0. The van der Waals surface area contributed by atoms with Gasteiger partial charge in [-0.1, -0.05) is 13.8 Å². The van der Waals surface area contributed by atoms with Crippen molar-refractivity contribution in [1.82, 2.24) is 10.6 Å². The molecule has 0 radical (unpaired) electrons. The zero-order valence-electron chi connectivity index (χ0n) is 8.42. The zero-order valence-corrected chi connectivity index (χ0v) is 8.42. The Hall–Kier alpha value is -0.770. The van der Waals surface area contributed by atoms with Crippen molar-refractivity contribution in [2.24, 2.45) is 11.3 Å². The fourth-order valence-electron chi connectivity index (χ4n) is 2.11. The van der Waals surface area contributed by atoms with E-state index in [1.807, 2.05) is 6.92 Å². The Labute approximate surface area is 78.7 Å². The Morgan fingerprint density at radius 3 is 2.69 bits per heavy atom. The van der Waals surface area contributed by atoms with Crippen molar-refractivity contribution < 1.29 is 9.90 Å². The maximum absolute atomic E-state index is 10.4. The molecule has 2 unspecified atom stereocenters. The van der Waals surface area contributed by atoms with Crippen LogP contribution in [-0.2, 0) is 0 Å². The number of amides is 1. The number of hydrogen-bond donors (Lipinski definition) is 3. The Kier molecular flexibility index (Phi) is 2.81. The lowest BCUT2D eigenvalue weighted by Crippen LogP contribution is -2.42. The average molecular weight is 186 g/mol. The van der Waals surface area contributed by atoms with Gasteiger partial charge in [0.2, 0.25) is 0 Å². The highest BCUT2D eigenvalue weighted by molar-refractivity contribution is 5.64. The molecule has 3 N–H and O–H groups in total. The molecule has 0 saturated carbocycles. The van der Waals surface area contributed by atoms with E-state index < -0.39 is 6.09 Å². The largest absolute Gasteiger partial charge is 0.465 e. The van der Waals surface area contributed by atoms with Crippen molar-refractivity contribution in [2.45, 2.75) is 26.8 Å². The summed E-state index contributed by atoms with van der Waals surface area (Å²) in [6.45, 7) is 8.11. The van der Waals surface area contributed by atoms with E-state index in [9.17, 15) is 4.79 Å². The van der Waals surface area contributed by atoms with Crippen molar-refractivity contribution in [1.29, 1.82) is 0 Å². The molecule has 1 aliphatic rings. The van der Waals surface area contributed by atoms with Crippen LogP contribution in [0.5, 0.6) is 0 Å². The molecule has 0 aromatic rings. The summed E-state index contributed by atoms with van der Waals surface area (Å²) in [4.78, 5) is 10.4. The van der Waals surface area contributed by atoms with Crippen LogP contribution in [0.1, 0.15) is 20.8 Å². The fraction of sp³-hybridized carbons (Fsp3) is 0.889. The van der Waals surface area contributed by atoms with E-state index in [-0.39, 0.29) is 11.5 Å². The Morgan fingerprint density at radius 2 is 2.31 bits per heavy atom. The van der Waals surface area contributed by atoms with E-state index in [1.165, 1.54) is 0 Å². The first-order valence-electron chi connectivity index (χ1n) is 4.63. The summed E-state index contributed by atoms with van der Waals surface area (Å²) >= 11 is 0. The summed E-state index contributed by atoms with van der Waals surface area (Å²) in [6.07, 6.45) is -0.935. The van der Waals surface area contributed by atoms with Crippen LogP contribution in [0.25, 0.3) is 0 Å². The molecule has 0 spiro atoms. The number of nitrogens with one attached hydrogen (secondary N) is 2. The first-order valence-corrected chi connectivity index (χ1v) is 4.63. The van der Waals surface area contributed by atoms with E-state index in [4.69, 9.17) is 5.11 Å². The minimum absolute atomic E-state index is 0.0162. The van der Waals surface area contributed by atoms with Gasteiger partial charge >= 0.3 is 6.09 Å². The molecule has 1 fully saturated rings. The van der Waals surface area contributed by atoms with Gasteiger partial charge in [0.25, 0.3) is 0 Å². The molecule has 4 heteroatoms. The van der Waals surface area contributed by atoms with Crippen LogP contribution in [0, 0.1) is 11.3 Å². The zero-order chi connectivity index (χ0) is 10.1. The third-order valence-corrected chi connectivity index (χ3v) is 2.90. The van der Waals surface area contributed by atoms with Crippen LogP contribution in [0.15, 0.2) is 0 Å². The molecule has 0 aliphatic carbocycles. The highest BCUT2D eigenvalue weighted by atomic mass is 16.4. The highest BCUT2D eigenvalue weighted by Crippen LogP contribution is 2.32. The number of carbonyl (C=O) groups is 1. The maximum Gasteiger partial charge on any atom is 0.404 e. The lowest BCUT2D eigenvalue weighted by Gasteiger charge is -2.30. The second-order valence-electron chi connectivity index (χ2n) is 4.46. The second kappa shape index (κ2) is 3.54. The molecule has 2 atom stereocenters. The first kappa shape index (κ1) is 10.3. The molecule has 1 rings (SSSR count). The third kappa shape index (κ3) is 2.34. The molecule has 76 valence electrons. The highest BCUT2D eigenvalue weighted by Gasteiger charge is 2.38. The van der Waals surface area contributed by atoms with Gasteiger partial charge in [0.15, 0.2) is 0 Å². The van der Waals surface area contributed by atoms with E-state index in [2.05, 4.69) is 24.5 Å². The van der Waals surface area contributed by atoms with Crippen LogP contribution in [0.4, 0.5) is 4.79 Å². The summed E-state index contributed by atoms with van der Waals surface area (Å²) in [5.74, 6) is 0.378. The SMILES string of the molecule is CC(NC(=O)O)C1CNCC1(C)C. The summed E-state index contributed by atoms with van der Waals surface area (Å²) in [7, 11) is 0. The van der Waals surface area contributed by atoms with E-state index >= 15 is 0 Å². The van der Waals surface area contributed by atoms with E-state index in [0.29, 0.717) is 5.92 Å². The van der Waals surface area contributed by atoms with Gasteiger partial charge in [-0.05, 0) is 18.3 Å². The Bertz CT molecular complexity index is 204. The van der Waals surface area contributed by atoms with Crippen LogP contribution >= 0.6 is 0 Å². The Morgan fingerprint density at radius 1 is 1.69 bits per heavy atom. The quantitative estimate of drug-likeness (QED) is 0.600. The van der Waals surface area contributed by atoms with Crippen molar-refractivity contribution in [3.05, 3.63) is 0 Å². The van der Waals surface area contributed by atoms with Gasteiger partial charge in [-0.2, -0.15) is 0 Å². The first-order chi connectivity index (χ1) is 5.93. The average Bonchev–Trinajstić information content (AvgIpc) is 2.27. The van der Waals surface area contributed by atoms with Gasteiger partial charge in [-0.15, -0.1) is 0 Å². The molecule has 1 amide bonds. The molecular formula is C9H18N2O2. The van der Waals surface area contributed by atoms with Gasteiger partial charge in [-0.3, -0.25) is 0 Å². The molecule has 4 nitrogen and oxygen atoms in total. The lowest BCUT2D eigenvalue weighted by molar-refractivity contribution is 0.174. The van der Waals surface area contributed by atoms with E-state index in [1.54, 1.807) is 0 Å². The number of rotatable bonds is 2. The van der Waals surface area contributed by atoms with Gasteiger partial charge in [0.05, 0.1) is 0 Å². The topological polar surface area (TPSA) is 61.4 Å². The second-order valence-corrected chi connectivity index (χ2v) is 4.46. The standard InChI is InChI=1S/C9H18N2O2/c1-6(11-8(12)13)7-4-10-5-9(7,2)3/h6-7,10-11H,4-5H2,1-3H3,(H,12,13). The molecule has 0 aromatic carbocycles. The molecule has 13 heavy (non-hydrogen) atoms. The number of hydrogen-bond acceptors (Lipinski definition) is 2. The van der Waals surface area contributed by atoms with Crippen molar-refractivity contribution >= 4 is 6.09 Å². The number of carboxylic acid groups (broad SMARTS) is 1. The monoisotopic (exact) mass is 186 g/mol. The van der Waals surface area contributed by atoms with Gasteiger partial charge in [0.1, 0.15) is 0 Å². The predicted molar refractivity (Wildman–Crippen MR) is 50.8 cm³/mol. The van der Waals surface area contributed by atoms with Gasteiger partial charge in [0, 0.05) is 19.1 Å². The lowest BCUT2D eigenvalue weighted by atomic mass is 9.78. The van der Waals surface area contributed by atoms with Gasteiger partial charge < -0.3 is 15.7 Å². The Balaban J connectivity index is 2.55. The smallest absolute Gasteiger partial charge is 0.404 e. The normalized spacial score (nSPS) is 28.4. The van der Waals surface area contributed by atoms with Crippen LogP contribution < -0.4 is 10.6 Å². The van der Waals surface area contributed by atoms with Crippen LogP contribution in [-0.4, -0.2) is 30.3 Å². The molecule has 1 heterocycles. The van der Waals surface area contributed by atoms with Crippen LogP contribution in [0.3, 0.4) is 0 Å². The minimum Gasteiger partial charge on any atom is -0.465 e. The summed E-state index contributed by atoms with van der Waals surface area (Å²) in [5.41, 5.74) is 0.182. The predicted octanol–water partition coefficient (Wildman–Crippen LogP) is 0.888. The molecule has 0 bridgehead atoms. The van der Waals surface area contributed by atoms with Crippen molar-refractivity contribution in [3.8, 4) is 0 Å². The fourth-order valence-corrected chi connectivity index (χ4v) is 2.11. The minimum atomic E-state index is -0.935. The summed E-state index contributed by atoms with van der Waals surface area (Å²) in [5, 5.41) is 14.4. The molecule has 0 aromatic heterocycles. The van der Waals surface area contributed by atoms with Crippen molar-refractivity contribution in [2.75, 3.05) is 13.1 Å². The summed E-state index contributed by atoms with van der Waals surface area (Å²) in [6, 6.07) is 0.0162.